The Bertz CT molecular complexity index is 2240. The average molecular weight is 995 g/mol. The molecule has 2 aromatic carbocycles. The molecule has 0 radical (unpaired) electrons. The van der Waals surface area contributed by atoms with E-state index in [1.54, 1.807) is 27.9 Å². The van der Waals surface area contributed by atoms with Gasteiger partial charge in [0.1, 0.15) is 35.6 Å². The fraction of sp³-hybridized carbons (Fsp3) is 0.538. The van der Waals surface area contributed by atoms with Crippen LogP contribution < -0.4 is 42.5 Å². The minimum Gasteiger partial charge on any atom is -0.348 e. The van der Waals surface area contributed by atoms with Crippen LogP contribution in [0.3, 0.4) is 0 Å². The molecule has 1 aromatic heterocycles. The number of nitrogens with zero attached hydrogens (tertiary/aromatic N) is 4. The standard InChI is InChI=1S/C52H74N12O8/c1-29(33-19-15-13-16-20-33)57-47(69)39-23-35(27-63(39)49(71)41(51(5,6)7)61-43(65)31(3)53-11)59-45(67)37-25-56-38(26-55-37)46(68)60-36-24-40(48(70)58-30(2)34-21-17-14-18-22-34)64(28-36)50(72)42(52(8,9)10)62-44(66)32(4)54-12/h13-22,25-26,29-32,35-36,39-42,53-54H,23-24,27-28H2,1-12H3,(H,57,69)(H,58,70)(H,59,67)(H,60,68)(H,61,65)(H,62,66)/t29-,30-,31+,32+,35+,36+,39+,40+,41-,42-/m1/s1. The lowest BCUT2D eigenvalue weighted by Crippen LogP contribution is -2.59. The second kappa shape index (κ2) is 24.1. The van der Waals surface area contributed by atoms with Crippen molar-refractivity contribution in [2.24, 2.45) is 10.8 Å². The molecule has 2 aliphatic heterocycles. The van der Waals surface area contributed by atoms with Crippen LogP contribution in [0.2, 0.25) is 0 Å². The first kappa shape index (κ1) is 56.1. The Balaban J connectivity index is 1.31. The lowest BCUT2D eigenvalue weighted by Gasteiger charge is -2.36. The van der Waals surface area contributed by atoms with Crippen LogP contribution in [0.25, 0.3) is 0 Å². The third-order valence-corrected chi connectivity index (χ3v) is 13.3. The summed E-state index contributed by atoms with van der Waals surface area (Å²) in [4.78, 5) is 122. The molecule has 2 saturated heterocycles. The highest BCUT2D eigenvalue weighted by Crippen LogP contribution is 2.29. The number of hydrogen-bond donors (Lipinski definition) is 8. The summed E-state index contributed by atoms with van der Waals surface area (Å²) >= 11 is 0. The highest BCUT2D eigenvalue weighted by atomic mass is 16.2. The first-order chi connectivity index (χ1) is 33.8. The summed E-state index contributed by atoms with van der Waals surface area (Å²) in [5, 5.41) is 23.3. The number of aromatic nitrogens is 2. The number of carbonyl (C=O) groups is 8. The normalized spacial score (nSPS) is 20.4. The zero-order chi connectivity index (χ0) is 53.2. The van der Waals surface area contributed by atoms with Crippen molar-refractivity contribution in [2.45, 2.75) is 142 Å². The summed E-state index contributed by atoms with van der Waals surface area (Å²) in [5.41, 5.74) is -0.0720. The van der Waals surface area contributed by atoms with Gasteiger partial charge in [0.05, 0.1) is 36.6 Å². The summed E-state index contributed by atoms with van der Waals surface area (Å²) < 4.78 is 0. The number of amides is 8. The Hall–Kier alpha value is -6.80. The molecule has 2 aliphatic rings. The third-order valence-electron chi connectivity index (χ3n) is 13.3. The first-order valence-corrected chi connectivity index (χ1v) is 24.5. The molecule has 0 aliphatic carbocycles. The van der Waals surface area contributed by atoms with Crippen molar-refractivity contribution in [3.05, 3.63) is 95.6 Å². The van der Waals surface area contributed by atoms with Crippen LogP contribution in [0.5, 0.6) is 0 Å². The van der Waals surface area contributed by atoms with Crippen LogP contribution in [0.1, 0.15) is 126 Å². The van der Waals surface area contributed by atoms with E-state index < -0.39 is 119 Å². The molecule has 72 heavy (non-hydrogen) atoms. The van der Waals surface area contributed by atoms with Crippen LogP contribution in [0.4, 0.5) is 0 Å². The van der Waals surface area contributed by atoms with E-state index >= 15 is 0 Å². The minimum absolute atomic E-state index is 0.0522. The zero-order valence-corrected chi connectivity index (χ0v) is 43.6. The number of benzene rings is 2. The molecule has 390 valence electrons. The van der Waals surface area contributed by atoms with Gasteiger partial charge in [0.2, 0.25) is 35.4 Å². The predicted molar refractivity (Wildman–Crippen MR) is 271 cm³/mol. The first-order valence-electron chi connectivity index (χ1n) is 24.5. The fourth-order valence-corrected chi connectivity index (χ4v) is 8.64. The van der Waals surface area contributed by atoms with E-state index in [4.69, 9.17) is 0 Å². The van der Waals surface area contributed by atoms with Crippen LogP contribution >= 0.6 is 0 Å². The molecular formula is C52H74N12O8. The largest absolute Gasteiger partial charge is 0.348 e. The summed E-state index contributed by atoms with van der Waals surface area (Å²) in [5.74, 6) is -3.95. The van der Waals surface area contributed by atoms with Gasteiger partial charge in [0, 0.05) is 25.2 Å². The van der Waals surface area contributed by atoms with E-state index in [0.717, 1.165) is 23.5 Å². The van der Waals surface area contributed by atoms with E-state index in [-0.39, 0.29) is 37.3 Å². The number of likely N-dealkylation sites (tertiary alicyclic amines) is 2. The van der Waals surface area contributed by atoms with Gasteiger partial charge in [-0.1, -0.05) is 102 Å². The lowest BCUT2D eigenvalue weighted by molar-refractivity contribution is -0.144. The predicted octanol–water partition coefficient (Wildman–Crippen LogP) is 1.91. The van der Waals surface area contributed by atoms with E-state index in [2.05, 4.69) is 52.5 Å². The van der Waals surface area contributed by atoms with Gasteiger partial charge >= 0.3 is 0 Å². The SMILES string of the molecule is CN[C@@H](C)C(=O)N[C@H](C(=O)N1C[C@@H](NC(=O)c2cnc(C(=O)N[C@H]3C[C@@H](C(=O)N[C@H](C)c4ccccc4)N(C(=O)[C@@H](NC(=O)[C@H](C)NC)C(C)(C)C)C3)cn2)C[C@H]1C(=O)N[C@H](C)c1ccccc1)C(C)(C)C. The van der Waals surface area contributed by atoms with E-state index in [9.17, 15) is 38.4 Å². The van der Waals surface area contributed by atoms with E-state index in [1.165, 1.54) is 9.80 Å². The van der Waals surface area contributed by atoms with Gasteiger partial charge in [0.25, 0.3) is 11.8 Å². The van der Waals surface area contributed by atoms with Gasteiger partial charge in [-0.2, -0.15) is 0 Å². The molecule has 0 saturated carbocycles. The topological polar surface area (TPSA) is 265 Å². The molecule has 5 rings (SSSR count). The molecule has 3 heterocycles. The fourth-order valence-electron chi connectivity index (χ4n) is 8.64. The Morgan fingerprint density at radius 2 is 0.861 bits per heavy atom. The van der Waals surface area contributed by atoms with Gasteiger partial charge in [-0.05, 0) is 76.6 Å². The second-order valence-electron chi connectivity index (χ2n) is 21.0. The molecular weight excluding hydrogens is 921 g/mol. The Kier molecular flexibility index (Phi) is 18.8. The maximum atomic E-state index is 14.5. The number of likely N-dealkylation sites (N-methyl/N-ethyl adjacent to an activating group) is 2. The molecule has 2 fully saturated rings. The van der Waals surface area contributed by atoms with Gasteiger partial charge in [0.15, 0.2) is 0 Å². The maximum Gasteiger partial charge on any atom is 0.271 e. The molecule has 20 nitrogen and oxygen atoms in total. The van der Waals surface area contributed by atoms with Crippen LogP contribution in [0.15, 0.2) is 73.1 Å². The number of nitrogens with one attached hydrogen (secondary N) is 8. The van der Waals surface area contributed by atoms with Crippen molar-refractivity contribution in [3.8, 4) is 0 Å². The highest BCUT2D eigenvalue weighted by molar-refractivity contribution is 5.97. The van der Waals surface area contributed by atoms with Gasteiger partial charge in [-0.25, -0.2) is 9.97 Å². The molecule has 8 amide bonds. The minimum atomic E-state index is -1.01. The van der Waals surface area contributed by atoms with Crippen molar-refractivity contribution in [2.75, 3.05) is 27.2 Å². The molecule has 3 aromatic rings. The van der Waals surface area contributed by atoms with Gasteiger partial charge < -0.3 is 52.3 Å². The quantitative estimate of drug-likeness (QED) is 0.0909. The summed E-state index contributed by atoms with van der Waals surface area (Å²) in [7, 11) is 3.27. The Morgan fingerprint density at radius 1 is 0.528 bits per heavy atom. The van der Waals surface area contributed by atoms with Gasteiger partial charge in [-0.15, -0.1) is 0 Å². The average Bonchev–Trinajstić information content (AvgIpc) is 3.98. The third kappa shape index (κ3) is 14.2. The van der Waals surface area contributed by atoms with Crippen molar-refractivity contribution < 1.29 is 38.4 Å². The molecule has 0 spiro atoms. The highest BCUT2D eigenvalue weighted by Gasteiger charge is 2.47. The summed E-state index contributed by atoms with van der Waals surface area (Å²) in [6, 6.07) is 11.2. The van der Waals surface area contributed by atoms with Crippen molar-refractivity contribution in [3.63, 3.8) is 0 Å². The van der Waals surface area contributed by atoms with Crippen molar-refractivity contribution >= 4 is 47.3 Å². The maximum absolute atomic E-state index is 14.5. The van der Waals surface area contributed by atoms with Crippen LogP contribution in [-0.4, -0.2) is 143 Å². The molecule has 0 bridgehead atoms. The summed E-state index contributed by atoms with van der Waals surface area (Å²) in [6.45, 7) is 17.8. The Labute approximate surface area is 422 Å². The van der Waals surface area contributed by atoms with E-state index in [0.29, 0.717) is 0 Å². The smallest absolute Gasteiger partial charge is 0.271 e. The van der Waals surface area contributed by atoms with Crippen molar-refractivity contribution in [1.82, 2.24) is 62.3 Å². The number of carbonyl (C=O) groups excluding carboxylic acids is 8. The molecule has 20 heteroatoms. The van der Waals surface area contributed by atoms with Gasteiger partial charge in [-0.3, -0.25) is 38.4 Å². The Morgan fingerprint density at radius 3 is 1.15 bits per heavy atom. The monoisotopic (exact) mass is 995 g/mol. The molecule has 0 unspecified atom stereocenters. The summed E-state index contributed by atoms with van der Waals surface area (Å²) in [6.07, 6.45) is 2.38. The zero-order valence-electron chi connectivity index (χ0n) is 43.6. The second-order valence-corrected chi connectivity index (χ2v) is 21.0. The molecule has 10 atom stereocenters. The van der Waals surface area contributed by atoms with Crippen LogP contribution in [0, 0.1) is 10.8 Å². The number of rotatable bonds is 18. The molecule has 8 N–H and O–H groups in total. The lowest BCUT2D eigenvalue weighted by atomic mass is 9.85. The van der Waals surface area contributed by atoms with Crippen molar-refractivity contribution in [1.29, 1.82) is 0 Å². The van der Waals surface area contributed by atoms with E-state index in [1.807, 2.05) is 116 Å². The van der Waals surface area contributed by atoms with Crippen LogP contribution in [-0.2, 0) is 28.8 Å². The number of hydrogen-bond acceptors (Lipinski definition) is 12.